The second-order valence-corrected chi connectivity index (χ2v) is 5.32. The topological polar surface area (TPSA) is 21.7 Å². The predicted octanol–water partition coefficient (Wildman–Crippen LogP) is 3.33. The summed E-state index contributed by atoms with van der Waals surface area (Å²) in [6.45, 7) is 1.77. The number of rotatable bonds is 2. The Bertz CT molecular complexity index is 609. The van der Waals surface area contributed by atoms with Crippen molar-refractivity contribution in [3.8, 4) is 5.75 Å². The average Bonchev–Trinajstić information content (AvgIpc) is 2.78. The Morgan fingerprint density at radius 2 is 1.55 bits per heavy atom. The van der Waals surface area contributed by atoms with Crippen LogP contribution in [0.4, 0.5) is 5.69 Å². The first-order valence-corrected chi connectivity index (χ1v) is 6.99. The van der Waals surface area contributed by atoms with Crippen LogP contribution in [0, 0.1) is 0 Å². The molecule has 2 atom stereocenters. The molecule has 3 nitrogen and oxygen atoms in total. The van der Waals surface area contributed by atoms with E-state index in [1.807, 2.05) is 12.1 Å². The zero-order chi connectivity index (χ0) is 13.5. The highest BCUT2D eigenvalue weighted by Crippen LogP contribution is 2.45. The number of nitrogens with zero attached hydrogens (tertiary/aromatic N) is 1. The SMILES string of the molecule is COc1ccccc1N1CC2OC(C1)c1ccccc12. The van der Waals surface area contributed by atoms with E-state index in [1.165, 1.54) is 11.1 Å². The van der Waals surface area contributed by atoms with Gasteiger partial charge in [-0.2, -0.15) is 0 Å². The highest BCUT2D eigenvalue weighted by molar-refractivity contribution is 5.60. The van der Waals surface area contributed by atoms with Crippen molar-refractivity contribution in [2.45, 2.75) is 12.2 Å². The van der Waals surface area contributed by atoms with E-state index in [9.17, 15) is 0 Å². The average molecular weight is 267 g/mol. The molecule has 2 unspecified atom stereocenters. The van der Waals surface area contributed by atoms with Crippen LogP contribution in [-0.2, 0) is 4.74 Å². The molecule has 20 heavy (non-hydrogen) atoms. The van der Waals surface area contributed by atoms with E-state index in [-0.39, 0.29) is 12.2 Å². The molecule has 2 aliphatic heterocycles. The minimum atomic E-state index is 0.176. The molecule has 4 rings (SSSR count). The van der Waals surface area contributed by atoms with E-state index in [4.69, 9.17) is 9.47 Å². The summed E-state index contributed by atoms with van der Waals surface area (Å²) in [5.41, 5.74) is 3.84. The number of morpholine rings is 1. The van der Waals surface area contributed by atoms with Crippen molar-refractivity contribution in [1.29, 1.82) is 0 Å². The zero-order valence-corrected chi connectivity index (χ0v) is 11.5. The molecule has 2 heterocycles. The molecule has 2 aromatic carbocycles. The van der Waals surface area contributed by atoms with Crippen LogP contribution in [0.15, 0.2) is 48.5 Å². The Kier molecular flexibility index (Phi) is 2.67. The van der Waals surface area contributed by atoms with Gasteiger partial charge in [0.15, 0.2) is 0 Å². The lowest BCUT2D eigenvalue weighted by Crippen LogP contribution is -2.36. The van der Waals surface area contributed by atoms with Gasteiger partial charge in [0.25, 0.3) is 0 Å². The number of ether oxygens (including phenoxy) is 2. The fraction of sp³-hybridized carbons (Fsp3) is 0.294. The van der Waals surface area contributed by atoms with Gasteiger partial charge in [0.1, 0.15) is 18.0 Å². The molecule has 2 aromatic rings. The second kappa shape index (κ2) is 4.53. The van der Waals surface area contributed by atoms with Gasteiger partial charge in [-0.3, -0.25) is 0 Å². The van der Waals surface area contributed by atoms with Crippen LogP contribution < -0.4 is 9.64 Å². The van der Waals surface area contributed by atoms with Crippen molar-refractivity contribution >= 4 is 5.69 Å². The molecule has 3 heteroatoms. The Hall–Kier alpha value is -2.00. The lowest BCUT2D eigenvalue weighted by atomic mass is 10.0. The summed E-state index contributed by atoms with van der Waals surface area (Å²) >= 11 is 0. The van der Waals surface area contributed by atoms with E-state index < -0.39 is 0 Å². The fourth-order valence-corrected chi connectivity index (χ4v) is 3.29. The number of hydrogen-bond acceptors (Lipinski definition) is 3. The molecule has 0 radical (unpaired) electrons. The van der Waals surface area contributed by atoms with Crippen molar-refractivity contribution in [1.82, 2.24) is 0 Å². The maximum atomic E-state index is 6.11. The van der Waals surface area contributed by atoms with Crippen molar-refractivity contribution in [3.05, 3.63) is 59.7 Å². The van der Waals surface area contributed by atoms with E-state index in [1.54, 1.807) is 7.11 Å². The molecule has 0 aliphatic carbocycles. The quantitative estimate of drug-likeness (QED) is 0.833. The first-order chi connectivity index (χ1) is 9.86. The van der Waals surface area contributed by atoms with Gasteiger partial charge in [-0.25, -0.2) is 0 Å². The maximum absolute atomic E-state index is 6.11. The van der Waals surface area contributed by atoms with Crippen LogP contribution in [-0.4, -0.2) is 20.2 Å². The summed E-state index contributed by atoms with van der Waals surface area (Å²) in [6, 6.07) is 16.8. The van der Waals surface area contributed by atoms with Crippen molar-refractivity contribution in [2.75, 3.05) is 25.1 Å². The van der Waals surface area contributed by atoms with E-state index in [0.29, 0.717) is 0 Å². The Morgan fingerprint density at radius 1 is 0.950 bits per heavy atom. The Morgan fingerprint density at radius 3 is 2.20 bits per heavy atom. The molecule has 2 bridgehead atoms. The first kappa shape index (κ1) is 11.8. The summed E-state index contributed by atoms with van der Waals surface area (Å²) in [5, 5.41) is 0. The molecule has 0 N–H and O–H groups in total. The minimum absolute atomic E-state index is 0.176. The van der Waals surface area contributed by atoms with Crippen LogP contribution >= 0.6 is 0 Å². The molecule has 2 aliphatic rings. The van der Waals surface area contributed by atoms with Crippen LogP contribution in [0.3, 0.4) is 0 Å². The highest BCUT2D eigenvalue weighted by atomic mass is 16.5. The minimum Gasteiger partial charge on any atom is -0.495 e. The summed E-state index contributed by atoms with van der Waals surface area (Å²) in [4.78, 5) is 2.37. The Balaban J connectivity index is 1.69. The fourth-order valence-electron chi connectivity index (χ4n) is 3.29. The molecule has 0 aromatic heterocycles. The third-order valence-electron chi connectivity index (χ3n) is 4.22. The molecule has 1 saturated heterocycles. The van der Waals surface area contributed by atoms with Gasteiger partial charge in [0.05, 0.1) is 12.8 Å². The Labute approximate surface area is 118 Å². The van der Waals surface area contributed by atoms with Crippen LogP contribution in [0.5, 0.6) is 5.75 Å². The van der Waals surface area contributed by atoms with E-state index in [2.05, 4.69) is 41.3 Å². The van der Waals surface area contributed by atoms with Gasteiger partial charge in [-0.15, -0.1) is 0 Å². The molecule has 102 valence electrons. The lowest BCUT2D eigenvalue weighted by Gasteiger charge is -2.34. The molecule has 0 spiro atoms. The number of fused-ring (bicyclic) bond motifs is 5. The van der Waals surface area contributed by atoms with Gasteiger partial charge in [-0.1, -0.05) is 36.4 Å². The summed E-state index contributed by atoms with van der Waals surface area (Å²) in [6.07, 6.45) is 0.352. The van der Waals surface area contributed by atoms with Gasteiger partial charge in [-0.05, 0) is 23.3 Å². The summed E-state index contributed by atoms with van der Waals surface area (Å²) in [5.74, 6) is 0.929. The number of hydrogen-bond donors (Lipinski definition) is 0. The molecule has 1 fully saturated rings. The van der Waals surface area contributed by atoms with Crippen molar-refractivity contribution < 1.29 is 9.47 Å². The van der Waals surface area contributed by atoms with Crippen molar-refractivity contribution in [3.63, 3.8) is 0 Å². The van der Waals surface area contributed by atoms with Crippen LogP contribution in [0.1, 0.15) is 23.3 Å². The van der Waals surface area contributed by atoms with Crippen LogP contribution in [0.2, 0.25) is 0 Å². The smallest absolute Gasteiger partial charge is 0.142 e. The normalized spacial score (nSPS) is 23.6. The van der Waals surface area contributed by atoms with E-state index in [0.717, 1.165) is 24.5 Å². The van der Waals surface area contributed by atoms with Gasteiger partial charge >= 0.3 is 0 Å². The molecular formula is C17H17NO2. The third kappa shape index (κ3) is 1.70. The first-order valence-electron chi connectivity index (χ1n) is 6.99. The summed E-state index contributed by atoms with van der Waals surface area (Å²) in [7, 11) is 1.72. The summed E-state index contributed by atoms with van der Waals surface area (Å²) < 4.78 is 11.6. The van der Waals surface area contributed by atoms with Gasteiger partial charge in [0.2, 0.25) is 0 Å². The second-order valence-electron chi connectivity index (χ2n) is 5.32. The molecule has 0 saturated carbocycles. The third-order valence-corrected chi connectivity index (χ3v) is 4.22. The number of benzene rings is 2. The van der Waals surface area contributed by atoms with Gasteiger partial charge < -0.3 is 14.4 Å². The van der Waals surface area contributed by atoms with Gasteiger partial charge in [0, 0.05) is 13.1 Å². The lowest BCUT2D eigenvalue weighted by molar-refractivity contribution is -0.00326. The predicted molar refractivity (Wildman–Crippen MR) is 78.2 cm³/mol. The highest BCUT2D eigenvalue weighted by Gasteiger charge is 2.38. The maximum Gasteiger partial charge on any atom is 0.142 e. The van der Waals surface area contributed by atoms with Crippen LogP contribution in [0.25, 0.3) is 0 Å². The number of methoxy groups -OCH3 is 1. The van der Waals surface area contributed by atoms with Crippen molar-refractivity contribution in [2.24, 2.45) is 0 Å². The standard InChI is InChI=1S/C17H17NO2/c1-19-15-9-5-4-8-14(15)18-10-16-12-6-2-3-7-13(12)17(11-18)20-16/h2-9,16-17H,10-11H2,1H3. The molecular weight excluding hydrogens is 250 g/mol. The number of para-hydroxylation sites is 2. The molecule has 0 amide bonds. The zero-order valence-electron chi connectivity index (χ0n) is 11.5. The number of anilines is 1. The largest absolute Gasteiger partial charge is 0.495 e. The van der Waals surface area contributed by atoms with E-state index >= 15 is 0 Å². The monoisotopic (exact) mass is 267 g/mol.